The van der Waals surface area contributed by atoms with E-state index in [1.54, 1.807) is 0 Å². The summed E-state index contributed by atoms with van der Waals surface area (Å²) in [7, 11) is 0. The third kappa shape index (κ3) is 2.45. The average Bonchev–Trinajstić information content (AvgIpc) is 2.17. The number of ether oxygens (including phenoxy) is 1. The van der Waals surface area contributed by atoms with Gasteiger partial charge in [0.15, 0.2) is 0 Å². The van der Waals surface area contributed by atoms with E-state index in [1.165, 1.54) is 6.92 Å². The maximum Gasteiger partial charge on any atom is 0.338 e. The van der Waals surface area contributed by atoms with Crippen molar-refractivity contribution in [1.82, 2.24) is 4.98 Å². The van der Waals surface area contributed by atoms with Crippen molar-refractivity contribution in [2.75, 3.05) is 6.61 Å². The van der Waals surface area contributed by atoms with E-state index in [-0.39, 0.29) is 6.61 Å². The van der Waals surface area contributed by atoms with Crippen LogP contribution >= 0.6 is 0 Å². The van der Waals surface area contributed by atoms with Gasteiger partial charge in [-0.15, -0.1) is 0 Å². The predicted octanol–water partition coefficient (Wildman–Crippen LogP) is 2.33. The third-order valence-corrected chi connectivity index (χ3v) is 1.66. The number of hydrogen-bond donors (Lipinski definition) is 0. The molecule has 15 heavy (non-hydrogen) atoms. The molecule has 0 radical (unpaired) electrons. The summed E-state index contributed by atoms with van der Waals surface area (Å²) < 4.78 is 42.2. The zero-order valence-corrected chi connectivity index (χ0v) is 7.84. The van der Waals surface area contributed by atoms with Gasteiger partial charge in [-0.2, -0.15) is 4.39 Å². The van der Waals surface area contributed by atoms with Gasteiger partial charge in [-0.1, -0.05) is 0 Å². The average molecular weight is 219 g/mol. The molecule has 0 aliphatic heterocycles. The van der Waals surface area contributed by atoms with Crippen LogP contribution in [0, 0.1) is 5.95 Å². The molecule has 0 aromatic carbocycles. The highest BCUT2D eigenvalue weighted by molar-refractivity contribution is 5.91. The van der Waals surface area contributed by atoms with E-state index in [2.05, 4.69) is 9.72 Å². The van der Waals surface area contributed by atoms with Gasteiger partial charge < -0.3 is 4.74 Å². The molecule has 0 bridgehead atoms. The first-order valence-corrected chi connectivity index (χ1v) is 4.17. The third-order valence-electron chi connectivity index (χ3n) is 1.66. The molecule has 82 valence electrons. The number of aromatic nitrogens is 1. The predicted molar refractivity (Wildman–Crippen MR) is 45.1 cm³/mol. The second kappa shape index (κ2) is 4.77. The summed E-state index contributed by atoms with van der Waals surface area (Å²) in [6.07, 6.45) is -2.16. The number of esters is 1. The lowest BCUT2D eigenvalue weighted by molar-refractivity contribution is 0.0512. The van der Waals surface area contributed by atoms with Crippen molar-refractivity contribution in [2.45, 2.75) is 13.3 Å². The van der Waals surface area contributed by atoms with E-state index in [0.717, 1.165) is 12.3 Å². The maximum absolute atomic E-state index is 12.9. The van der Waals surface area contributed by atoms with Crippen LogP contribution in [0.15, 0.2) is 12.3 Å². The van der Waals surface area contributed by atoms with Crippen molar-refractivity contribution < 1.29 is 22.7 Å². The number of carbonyl (C=O) groups is 1. The van der Waals surface area contributed by atoms with Crippen LogP contribution in [0.25, 0.3) is 0 Å². The lowest BCUT2D eigenvalue weighted by Gasteiger charge is -2.07. The molecule has 0 aliphatic carbocycles. The Hall–Kier alpha value is -1.59. The SMILES string of the molecule is CCOC(=O)c1ccnc(F)c1C(F)F. The standard InChI is InChI=1S/C9H8F3NO2/c1-2-15-9(14)5-3-4-13-8(12)6(5)7(10)11/h3-4,7H,2H2,1H3. The topological polar surface area (TPSA) is 39.2 Å². The van der Waals surface area contributed by atoms with Crippen molar-refractivity contribution in [3.63, 3.8) is 0 Å². The number of pyridine rings is 1. The Balaban J connectivity index is 3.17. The molecule has 0 fully saturated rings. The fourth-order valence-corrected chi connectivity index (χ4v) is 1.04. The highest BCUT2D eigenvalue weighted by Crippen LogP contribution is 2.25. The van der Waals surface area contributed by atoms with Crippen LogP contribution in [0.3, 0.4) is 0 Å². The van der Waals surface area contributed by atoms with E-state index >= 15 is 0 Å². The Morgan fingerprint density at radius 2 is 2.27 bits per heavy atom. The Bertz CT molecular complexity index is 368. The van der Waals surface area contributed by atoms with Gasteiger partial charge in [0.1, 0.15) is 0 Å². The highest BCUT2D eigenvalue weighted by atomic mass is 19.3. The number of hydrogen-bond acceptors (Lipinski definition) is 3. The maximum atomic E-state index is 12.9. The molecule has 1 aromatic heterocycles. The van der Waals surface area contributed by atoms with Crippen molar-refractivity contribution in [2.24, 2.45) is 0 Å². The van der Waals surface area contributed by atoms with Crippen LogP contribution in [0.4, 0.5) is 13.2 Å². The highest BCUT2D eigenvalue weighted by Gasteiger charge is 2.24. The molecule has 0 aliphatic rings. The van der Waals surface area contributed by atoms with E-state index in [9.17, 15) is 18.0 Å². The molecular weight excluding hydrogens is 211 g/mol. The summed E-state index contributed by atoms with van der Waals surface area (Å²) in [6, 6.07) is 1.00. The van der Waals surface area contributed by atoms with Crippen molar-refractivity contribution >= 4 is 5.97 Å². The molecular formula is C9H8F3NO2. The second-order valence-electron chi connectivity index (χ2n) is 2.58. The summed E-state index contributed by atoms with van der Waals surface area (Å²) in [5.41, 5.74) is -1.50. The lowest BCUT2D eigenvalue weighted by Crippen LogP contribution is -2.11. The molecule has 0 amide bonds. The largest absolute Gasteiger partial charge is 0.462 e. The van der Waals surface area contributed by atoms with Gasteiger partial charge in [0, 0.05) is 6.20 Å². The first-order chi connectivity index (χ1) is 7.07. The summed E-state index contributed by atoms with van der Waals surface area (Å²) in [5.74, 6) is -2.33. The molecule has 1 aromatic rings. The normalized spacial score (nSPS) is 10.5. The van der Waals surface area contributed by atoms with Gasteiger partial charge in [-0.25, -0.2) is 18.6 Å². The number of alkyl halides is 2. The zero-order chi connectivity index (χ0) is 11.4. The van der Waals surface area contributed by atoms with Crippen LogP contribution in [-0.2, 0) is 4.74 Å². The van der Waals surface area contributed by atoms with E-state index < -0.39 is 29.5 Å². The minimum atomic E-state index is -3.10. The van der Waals surface area contributed by atoms with Gasteiger partial charge in [-0.3, -0.25) is 0 Å². The Kier molecular flexibility index (Phi) is 3.65. The summed E-state index contributed by atoms with van der Waals surface area (Å²) in [4.78, 5) is 14.2. The number of rotatable bonds is 3. The smallest absolute Gasteiger partial charge is 0.338 e. The van der Waals surface area contributed by atoms with E-state index in [1.807, 2.05) is 0 Å². The van der Waals surface area contributed by atoms with E-state index in [0.29, 0.717) is 0 Å². The van der Waals surface area contributed by atoms with Crippen LogP contribution in [-0.4, -0.2) is 17.6 Å². The van der Waals surface area contributed by atoms with Gasteiger partial charge in [0.05, 0.1) is 17.7 Å². The summed E-state index contributed by atoms with van der Waals surface area (Å²) in [5, 5.41) is 0. The van der Waals surface area contributed by atoms with Gasteiger partial charge in [0.2, 0.25) is 5.95 Å². The van der Waals surface area contributed by atoms with Crippen molar-refractivity contribution in [3.8, 4) is 0 Å². The number of nitrogens with zero attached hydrogens (tertiary/aromatic N) is 1. The Labute approximate surface area is 83.9 Å². The fourth-order valence-electron chi connectivity index (χ4n) is 1.04. The summed E-state index contributed by atoms with van der Waals surface area (Å²) in [6.45, 7) is 1.56. The second-order valence-corrected chi connectivity index (χ2v) is 2.58. The molecule has 1 rings (SSSR count). The van der Waals surface area contributed by atoms with Gasteiger partial charge >= 0.3 is 5.97 Å². The molecule has 1 heterocycles. The molecule has 6 heteroatoms. The van der Waals surface area contributed by atoms with Crippen LogP contribution in [0.1, 0.15) is 29.3 Å². The first kappa shape index (κ1) is 11.5. The van der Waals surface area contributed by atoms with Crippen molar-refractivity contribution in [3.05, 3.63) is 29.3 Å². The lowest BCUT2D eigenvalue weighted by atomic mass is 10.1. The minimum absolute atomic E-state index is 0.0332. The minimum Gasteiger partial charge on any atom is -0.462 e. The molecule has 0 unspecified atom stereocenters. The monoisotopic (exact) mass is 219 g/mol. The number of halogens is 3. The first-order valence-electron chi connectivity index (χ1n) is 4.17. The van der Waals surface area contributed by atoms with Gasteiger partial charge in [-0.05, 0) is 13.0 Å². The zero-order valence-electron chi connectivity index (χ0n) is 7.84. The molecule has 0 atom stereocenters. The van der Waals surface area contributed by atoms with Crippen molar-refractivity contribution in [1.29, 1.82) is 0 Å². The van der Waals surface area contributed by atoms with E-state index in [4.69, 9.17) is 0 Å². The fraction of sp³-hybridized carbons (Fsp3) is 0.333. The quantitative estimate of drug-likeness (QED) is 0.578. The van der Waals surface area contributed by atoms with Crippen LogP contribution in [0.2, 0.25) is 0 Å². The molecule has 0 saturated heterocycles. The molecule has 0 N–H and O–H groups in total. The van der Waals surface area contributed by atoms with Crippen LogP contribution in [0.5, 0.6) is 0 Å². The van der Waals surface area contributed by atoms with Gasteiger partial charge in [0.25, 0.3) is 6.43 Å². The Morgan fingerprint density at radius 1 is 1.60 bits per heavy atom. The molecule has 0 spiro atoms. The Morgan fingerprint density at radius 3 is 2.80 bits per heavy atom. The molecule has 3 nitrogen and oxygen atoms in total. The van der Waals surface area contributed by atoms with Crippen LogP contribution < -0.4 is 0 Å². The number of carbonyl (C=O) groups excluding carboxylic acids is 1. The molecule has 0 saturated carbocycles. The summed E-state index contributed by atoms with van der Waals surface area (Å²) >= 11 is 0.